The van der Waals surface area contributed by atoms with Gasteiger partial charge in [0.15, 0.2) is 10.9 Å². The molecule has 0 atom stereocenters. The first-order valence-electron chi connectivity index (χ1n) is 9.39. The van der Waals surface area contributed by atoms with Gasteiger partial charge in [-0.2, -0.15) is 0 Å². The molecule has 1 saturated carbocycles. The number of benzene rings is 1. The Morgan fingerprint density at radius 1 is 1.18 bits per heavy atom. The lowest BCUT2D eigenvalue weighted by Crippen LogP contribution is -2.38. The van der Waals surface area contributed by atoms with Crippen LogP contribution in [0.4, 0.5) is 5.95 Å². The molecule has 28 heavy (non-hydrogen) atoms. The van der Waals surface area contributed by atoms with Crippen molar-refractivity contribution in [3.63, 3.8) is 0 Å². The van der Waals surface area contributed by atoms with Gasteiger partial charge in [-0.15, -0.1) is 10.2 Å². The molecule has 5 rings (SSSR count). The number of rotatable bonds is 6. The van der Waals surface area contributed by atoms with Crippen LogP contribution in [0, 0.1) is 0 Å². The van der Waals surface area contributed by atoms with Crippen LogP contribution in [0.25, 0.3) is 11.3 Å². The number of halogens is 1. The van der Waals surface area contributed by atoms with Crippen molar-refractivity contribution in [1.82, 2.24) is 19.7 Å². The molecule has 146 valence electrons. The summed E-state index contributed by atoms with van der Waals surface area (Å²) in [6.45, 7) is 3.20. The standard InChI is InChI=1S/C19H20ClN5O2S/c20-14-3-1-2-13(10-14)16-11-21-17(27-16)12-28-19-23-22-18(25(19)15-4-5-15)24-6-8-26-9-7-24/h1-3,10-11,15H,4-9,12H2. The fourth-order valence-corrected chi connectivity index (χ4v) is 4.32. The number of morpholine rings is 1. The second kappa shape index (κ2) is 7.77. The Hall–Kier alpha value is -2.03. The largest absolute Gasteiger partial charge is 0.440 e. The Balaban J connectivity index is 1.31. The molecule has 9 heteroatoms. The van der Waals surface area contributed by atoms with Crippen molar-refractivity contribution in [1.29, 1.82) is 0 Å². The zero-order chi connectivity index (χ0) is 18.9. The maximum Gasteiger partial charge on any atom is 0.228 e. The van der Waals surface area contributed by atoms with E-state index in [0.717, 1.165) is 48.7 Å². The molecular formula is C19H20ClN5O2S. The summed E-state index contributed by atoms with van der Waals surface area (Å²) in [6, 6.07) is 8.08. The monoisotopic (exact) mass is 417 g/mol. The third kappa shape index (κ3) is 3.76. The molecule has 0 amide bonds. The van der Waals surface area contributed by atoms with Gasteiger partial charge in [0.2, 0.25) is 11.8 Å². The lowest BCUT2D eigenvalue weighted by molar-refractivity contribution is 0.121. The molecule has 2 aromatic heterocycles. The Kier molecular flexibility index (Phi) is 5.00. The minimum Gasteiger partial charge on any atom is -0.440 e. The maximum atomic E-state index is 6.07. The quantitative estimate of drug-likeness (QED) is 0.560. The van der Waals surface area contributed by atoms with Gasteiger partial charge in [0.1, 0.15) is 0 Å². The van der Waals surface area contributed by atoms with E-state index in [1.807, 2.05) is 24.3 Å². The summed E-state index contributed by atoms with van der Waals surface area (Å²) in [5.41, 5.74) is 0.923. The molecule has 1 aliphatic carbocycles. The lowest BCUT2D eigenvalue weighted by atomic mass is 10.2. The third-order valence-electron chi connectivity index (χ3n) is 4.84. The van der Waals surface area contributed by atoms with Gasteiger partial charge >= 0.3 is 0 Å². The first-order valence-corrected chi connectivity index (χ1v) is 10.8. The van der Waals surface area contributed by atoms with Gasteiger partial charge in [0, 0.05) is 29.7 Å². The highest BCUT2D eigenvalue weighted by molar-refractivity contribution is 7.98. The number of nitrogens with zero attached hydrogens (tertiary/aromatic N) is 5. The molecule has 0 radical (unpaired) electrons. The minimum atomic E-state index is 0.502. The van der Waals surface area contributed by atoms with Gasteiger partial charge in [-0.05, 0) is 25.0 Å². The van der Waals surface area contributed by atoms with E-state index < -0.39 is 0 Å². The van der Waals surface area contributed by atoms with Gasteiger partial charge in [0.25, 0.3) is 0 Å². The van der Waals surface area contributed by atoms with Crippen LogP contribution in [0.2, 0.25) is 5.02 Å². The molecule has 0 spiro atoms. The summed E-state index contributed by atoms with van der Waals surface area (Å²) in [6.07, 6.45) is 4.11. The van der Waals surface area contributed by atoms with E-state index in [4.69, 9.17) is 20.8 Å². The summed E-state index contributed by atoms with van der Waals surface area (Å²) in [7, 11) is 0. The van der Waals surface area contributed by atoms with Crippen molar-refractivity contribution in [3.05, 3.63) is 41.4 Å². The maximum absolute atomic E-state index is 6.07. The predicted octanol–water partition coefficient (Wildman–Crippen LogP) is 4.05. The van der Waals surface area contributed by atoms with Gasteiger partial charge in [-0.1, -0.05) is 35.5 Å². The van der Waals surface area contributed by atoms with Crippen LogP contribution in [-0.4, -0.2) is 46.1 Å². The number of anilines is 1. The molecule has 7 nitrogen and oxygen atoms in total. The SMILES string of the molecule is Clc1cccc(-c2cnc(CSc3nnc(N4CCOCC4)n3C3CC3)o2)c1. The van der Waals surface area contributed by atoms with Crippen LogP contribution in [0.15, 0.2) is 40.0 Å². The number of thioether (sulfide) groups is 1. The fourth-order valence-electron chi connectivity index (χ4n) is 3.28. The highest BCUT2D eigenvalue weighted by Gasteiger charge is 2.32. The van der Waals surface area contributed by atoms with Crippen LogP contribution in [-0.2, 0) is 10.5 Å². The number of ether oxygens (including phenoxy) is 1. The van der Waals surface area contributed by atoms with Crippen molar-refractivity contribution < 1.29 is 9.15 Å². The minimum absolute atomic E-state index is 0.502. The van der Waals surface area contributed by atoms with Crippen LogP contribution in [0.1, 0.15) is 24.8 Å². The van der Waals surface area contributed by atoms with Crippen molar-refractivity contribution in [2.24, 2.45) is 0 Å². The van der Waals surface area contributed by atoms with Crippen molar-refractivity contribution in [2.75, 3.05) is 31.2 Å². The first kappa shape index (κ1) is 18.0. The first-order chi connectivity index (χ1) is 13.8. The van der Waals surface area contributed by atoms with E-state index in [-0.39, 0.29) is 0 Å². The second-order valence-corrected chi connectivity index (χ2v) is 8.28. The molecule has 1 aliphatic heterocycles. The molecule has 2 aliphatic rings. The number of hydrogen-bond donors (Lipinski definition) is 0. The van der Waals surface area contributed by atoms with Crippen LogP contribution in [0.5, 0.6) is 0 Å². The molecule has 0 N–H and O–H groups in total. The van der Waals surface area contributed by atoms with Crippen molar-refractivity contribution in [3.8, 4) is 11.3 Å². The molecular weight excluding hydrogens is 398 g/mol. The molecule has 0 unspecified atom stereocenters. The van der Waals surface area contributed by atoms with Crippen molar-refractivity contribution in [2.45, 2.75) is 29.8 Å². The Labute approximate surface area is 172 Å². The molecule has 0 bridgehead atoms. The van der Waals surface area contributed by atoms with Gasteiger partial charge in [-0.25, -0.2) is 4.98 Å². The summed E-state index contributed by atoms with van der Waals surface area (Å²) in [5.74, 6) is 2.95. The third-order valence-corrected chi connectivity index (χ3v) is 6.00. The van der Waals surface area contributed by atoms with Gasteiger partial charge in [-0.3, -0.25) is 4.57 Å². The predicted molar refractivity (Wildman–Crippen MR) is 108 cm³/mol. The van der Waals surface area contributed by atoms with E-state index in [2.05, 4.69) is 24.6 Å². The van der Waals surface area contributed by atoms with E-state index in [1.165, 1.54) is 12.8 Å². The highest BCUT2D eigenvalue weighted by Crippen LogP contribution is 2.41. The number of aromatic nitrogens is 4. The highest BCUT2D eigenvalue weighted by atomic mass is 35.5. The number of hydrogen-bond acceptors (Lipinski definition) is 7. The average Bonchev–Trinajstić information content (AvgIpc) is 3.29. The van der Waals surface area contributed by atoms with Gasteiger partial charge in [0.05, 0.1) is 25.2 Å². The summed E-state index contributed by atoms with van der Waals surface area (Å²) >= 11 is 7.68. The van der Waals surface area contributed by atoms with E-state index in [1.54, 1.807) is 18.0 Å². The zero-order valence-electron chi connectivity index (χ0n) is 15.3. The molecule has 3 aromatic rings. The Bertz CT molecular complexity index is 965. The van der Waals surface area contributed by atoms with E-state index in [0.29, 0.717) is 22.7 Å². The lowest BCUT2D eigenvalue weighted by Gasteiger charge is -2.27. The second-order valence-electron chi connectivity index (χ2n) is 6.90. The average molecular weight is 418 g/mol. The topological polar surface area (TPSA) is 69.2 Å². The summed E-state index contributed by atoms with van der Waals surface area (Å²) < 4.78 is 13.6. The van der Waals surface area contributed by atoms with Crippen LogP contribution >= 0.6 is 23.4 Å². The molecule has 3 heterocycles. The van der Waals surface area contributed by atoms with Gasteiger partial charge < -0.3 is 14.1 Å². The van der Waals surface area contributed by atoms with Crippen LogP contribution < -0.4 is 4.90 Å². The van der Waals surface area contributed by atoms with Crippen LogP contribution in [0.3, 0.4) is 0 Å². The Morgan fingerprint density at radius 3 is 2.82 bits per heavy atom. The van der Waals surface area contributed by atoms with Crippen molar-refractivity contribution >= 4 is 29.3 Å². The zero-order valence-corrected chi connectivity index (χ0v) is 16.8. The molecule has 1 aromatic carbocycles. The normalized spacial score (nSPS) is 17.2. The smallest absolute Gasteiger partial charge is 0.228 e. The Morgan fingerprint density at radius 2 is 2.04 bits per heavy atom. The fraction of sp³-hybridized carbons (Fsp3) is 0.421. The van der Waals surface area contributed by atoms with E-state index >= 15 is 0 Å². The summed E-state index contributed by atoms with van der Waals surface area (Å²) in [4.78, 5) is 6.67. The van der Waals surface area contributed by atoms with E-state index in [9.17, 15) is 0 Å². The number of oxazole rings is 1. The summed E-state index contributed by atoms with van der Waals surface area (Å²) in [5, 5.41) is 10.5. The molecule has 2 fully saturated rings. The molecule has 1 saturated heterocycles.